The van der Waals surface area contributed by atoms with Crippen molar-refractivity contribution in [1.29, 1.82) is 0 Å². The number of aliphatic imine (C=N–C) groups is 1. The van der Waals surface area contributed by atoms with Crippen molar-refractivity contribution < 1.29 is 19.1 Å². The second kappa shape index (κ2) is 11.2. The lowest BCUT2D eigenvalue weighted by molar-refractivity contribution is -0.142. The first-order valence-electron chi connectivity index (χ1n) is 8.18. The molecule has 22 heavy (non-hydrogen) atoms. The van der Waals surface area contributed by atoms with Gasteiger partial charge in [-0.1, -0.05) is 0 Å². The third kappa shape index (κ3) is 11.3. The lowest BCUT2D eigenvalue weighted by atomic mass is 10.4. The number of ether oxygens (including phenoxy) is 2. The SMILES string of the molecule is CCOC(=O)C=NCC1CC1.CCOC(=O)CNCC1CC1. The van der Waals surface area contributed by atoms with Crippen LogP contribution in [0, 0.1) is 11.8 Å². The highest BCUT2D eigenvalue weighted by atomic mass is 16.5. The molecule has 0 aromatic carbocycles. The van der Waals surface area contributed by atoms with E-state index in [0.29, 0.717) is 19.8 Å². The summed E-state index contributed by atoms with van der Waals surface area (Å²) < 4.78 is 9.40. The van der Waals surface area contributed by atoms with Crippen LogP contribution in [0.1, 0.15) is 39.5 Å². The zero-order chi connectivity index (χ0) is 16.2. The molecule has 2 aliphatic rings. The van der Waals surface area contributed by atoms with E-state index >= 15 is 0 Å². The fourth-order valence-electron chi connectivity index (χ4n) is 1.67. The molecule has 0 aromatic rings. The summed E-state index contributed by atoms with van der Waals surface area (Å²) in [6, 6.07) is 0. The summed E-state index contributed by atoms with van der Waals surface area (Å²) in [6.45, 7) is 6.63. The van der Waals surface area contributed by atoms with Gasteiger partial charge in [0.05, 0.1) is 19.8 Å². The topological polar surface area (TPSA) is 77.0 Å². The van der Waals surface area contributed by atoms with Gasteiger partial charge in [-0.2, -0.15) is 0 Å². The molecule has 0 radical (unpaired) electrons. The molecule has 0 unspecified atom stereocenters. The number of carbonyl (C=O) groups is 2. The maximum Gasteiger partial charge on any atom is 0.348 e. The van der Waals surface area contributed by atoms with Crippen LogP contribution in [0.15, 0.2) is 4.99 Å². The van der Waals surface area contributed by atoms with Crippen molar-refractivity contribution in [3.05, 3.63) is 0 Å². The number of hydrogen-bond acceptors (Lipinski definition) is 6. The smallest absolute Gasteiger partial charge is 0.348 e. The summed E-state index contributed by atoms with van der Waals surface area (Å²) in [5.41, 5.74) is 0. The molecule has 0 spiro atoms. The third-order valence-corrected chi connectivity index (χ3v) is 3.25. The summed E-state index contributed by atoms with van der Waals surface area (Å²) in [5, 5.41) is 3.06. The van der Waals surface area contributed by atoms with Crippen molar-refractivity contribution >= 4 is 18.2 Å². The van der Waals surface area contributed by atoms with Gasteiger partial charge >= 0.3 is 11.9 Å². The average molecular weight is 312 g/mol. The number of hydrogen-bond donors (Lipinski definition) is 1. The molecule has 0 amide bonds. The minimum Gasteiger partial charge on any atom is -0.465 e. The Bertz CT molecular complexity index is 363. The summed E-state index contributed by atoms with van der Waals surface area (Å²) >= 11 is 0. The predicted molar refractivity (Wildman–Crippen MR) is 84.9 cm³/mol. The number of rotatable bonds is 9. The Morgan fingerprint density at radius 3 is 2.27 bits per heavy atom. The molecule has 0 bridgehead atoms. The summed E-state index contributed by atoms with van der Waals surface area (Å²) in [5.74, 6) is 1.09. The van der Waals surface area contributed by atoms with Gasteiger partial charge in [-0.05, 0) is 57.9 Å². The summed E-state index contributed by atoms with van der Waals surface area (Å²) in [4.78, 5) is 25.4. The van der Waals surface area contributed by atoms with Crippen molar-refractivity contribution in [1.82, 2.24) is 5.32 Å². The van der Waals surface area contributed by atoms with Crippen LogP contribution >= 0.6 is 0 Å². The van der Waals surface area contributed by atoms with Crippen molar-refractivity contribution in [3.63, 3.8) is 0 Å². The zero-order valence-electron chi connectivity index (χ0n) is 13.7. The van der Waals surface area contributed by atoms with Crippen LogP contribution in [-0.4, -0.2) is 51.0 Å². The van der Waals surface area contributed by atoms with Crippen molar-refractivity contribution in [2.24, 2.45) is 16.8 Å². The van der Waals surface area contributed by atoms with Crippen LogP contribution in [0.25, 0.3) is 0 Å². The Morgan fingerprint density at radius 1 is 1.09 bits per heavy atom. The first-order valence-corrected chi connectivity index (χ1v) is 8.18. The van der Waals surface area contributed by atoms with Crippen LogP contribution in [0.2, 0.25) is 0 Å². The normalized spacial score (nSPS) is 16.8. The largest absolute Gasteiger partial charge is 0.465 e. The molecule has 1 N–H and O–H groups in total. The fraction of sp³-hybridized carbons (Fsp3) is 0.812. The molecule has 2 fully saturated rings. The second-order valence-electron chi connectivity index (χ2n) is 5.57. The van der Waals surface area contributed by atoms with Crippen molar-refractivity contribution in [2.75, 3.05) is 32.8 Å². The molecule has 0 aromatic heterocycles. The van der Waals surface area contributed by atoms with E-state index in [2.05, 4.69) is 15.0 Å². The van der Waals surface area contributed by atoms with E-state index in [9.17, 15) is 9.59 Å². The van der Waals surface area contributed by atoms with Crippen LogP contribution in [0.3, 0.4) is 0 Å². The highest BCUT2D eigenvalue weighted by molar-refractivity contribution is 6.23. The molecule has 6 nitrogen and oxygen atoms in total. The molecule has 126 valence electrons. The summed E-state index contributed by atoms with van der Waals surface area (Å²) in [6.07, 6.45) is 6.44. The molecular formula is C16H28N2O4. The number of nitrogens with one attached hydrogen (secondary N) is 1. The minimum absolute atomic E-state index is 0.145. The van der Waals surface area contributed by atoms with E-state index < -0.39 is 0 Å². The molecule has 2 rings (SSSR count). The van der Waals surface area contributed by atoms with Gasteiger partial charge in [-0.25, -0.2) is 4.79 Å². The standard InChI is InChI=1S/C8H15NO2.C8H13NO2/c2*1-2-11-8(10)6-9-5-7-3-4-7/h7,9H,2-6H2,1H3;6-7H,2-5H2,1H3. The number of nitrogens with zero attached hydrogens (tertiary/aromatic N) is 1. The Kier molecular flexibility index (Phi) is 9.46. The van der Waals surface area contributed by atoms with Gasteiger partial charge < -0.3 is 14.8 Å². The van der Waals surface area contributed by atoms with Gasteiger partial charge in [0, 0.05) is 6.54 Å². The van der Waals surface area contributed by atoms with Crippen LogP contribution in [-0.2, 0) is 19.1 Å². The maximum atomic E-state index is 10.8. The Labute approximate surface area is 132 Å². The van der Waals surface area contributed by atoms with E-state index in [0.717, 1.165) is 24.9 Å². The maximum absolute atomic E-state index is 10.8. The van der Waals surface area contributed by atoms with E-state index in [1.165, 1.54) is 31.9 Å². The van der Waals surface area contributed by atoms with Crippen LogP contribution in [0.5, 0.6) is 0 Å². The highest BCUT2D eigenvalue weighted by Crippen LogP contribution is 2.28. The van der Waals surface area contributed by atoms with Crippen LogP contribution < -0.4 is 5.32 Å². The lowest BCUT2D eigenvalue weighted by Gasteiger charge is -2.02. The number of esters is 2. The summed E-state index contributed by atoms with van der Waals surface area (Å²) in [7, 11) is 0. The zero-order valence-corrected chi connectivity index (χ0v) is 13.7. The number of carbonyl (C=O) groups excluding carboxylic acids is 2. The van der Waals surface area contributed by atoms with Crippen LogP contribution in [0.4, 0.5) is 0 Å². The third-order valence-electron chi connectivity index (χ3n) is 3.25. The lowest BCUT2D eigenvalue weighted by Crippen LogP contribution is -2.26. The predicted octanol–water partition coefficient (Wildman–Crippen LogP) is 1.58. The van der Waals surface area contributed by atoms with Gasteiger partial charge in [0.2, 0.25) is 0 Å². The molecular weight excluding hydrogens is 284 g/mol. The van der Waals surface area contributed by atoms with E-state index in [1.54, 1.807) is 6.92 Å². The molecule has 0 heterocycles. The van der Waals surface area contributed by atoms with Gasteiger partial charge in [-0.3, -0.25) is 9.79 Å². The fourth-order valence-corrected chi connectivity index (χ4v) is 1.67. The average Bonchev–Trinajstić information content (AvgIpc) is 3.35. The molecule has 6 heteroatoms. The van der Waals surface area contributed by atoms with E-state index in [1.807, 2.05) is 6.92 Å². The van der Waals surface area contributed by atoms with Crippen molar-refractivity contribution in [2.45, 2.75) is 39.5 Å². The Hall–Kier alpha value is -1.43. The van der Waals surface area contributed by atoms with E-state index in [4.69, 9.17) is 4.74 Å². The van der Waals surface area contributed by atoms with Gasteiger partial charge in [0.25, 0.3) is 0 Å². The minimum atomic E-state index is -0.326. The molecule has 2 saturated carbocycles. The first kappa shape index (κ1) is 18.6. The molecule has 0 atom stereocenters. The first-order chi connectivity index (χ1) is 10.7. The van der Waals surface area contributed by atoms with Crippen molar-refractivity contribution in [3.8, 4) is 0 Å². The monoisotopic (exact) mass is 312 g/mol. The van der Waals surface area contributed by atoms with Gasteiger partial charge in [0.15, 0.2) is 0 Å². The van der Waals surface area contributed by atoms with Gasteiger partial charge in [0.1, 0.15) is 6.21 Å². The Balaban J connectivity index is 0.000000220. The van der Waals surface area contributed by atoms with E-state index in [-0.39, 0.29) is 11.9 Å². The highest BCUT2D eigenvalue weighted by Gasteiger charge is 2.20. The van der Waals surface area contributed by atoms with Gasteiger partial charge in [-0.15, -0.1) is 0 Å². The Morgan fingerprint density at radius 2 is 1.73 bits per heavy atom. The second-order valence-corrected chi connectivity index (χ2v) is 5.57. The molecule has 0 aliphatic heterocycles. The quantitative estimate of drug-likeness (QED) is 0.517. The molecule has 2 aliphatic carbocycles. The molecule has 0 saturated heterocycles.